The molecule has 1 atom stereocenters. The summed E-state index contributed by atoms with van der Waals surface area (Å²) in [6.07, 6.45) is 18.6. The number of unbranched alkanes of at least 4 members (excludes halogenated alkanes) is 9. The lowest BCUT2D eigenvalue weighted by atomic mass is 10.1. The summed E-state index contributed by atoms with van der Waals surface area (Å²) in [7, 11) is 0. The van der Waals surface area contributed by atoms with Gasteiger partial charge in [0.25, 0.3) is 0 Å². The molecule has 0 saturated heterocycles. The lowest BCUT2D eigenvalue weighted by Crippen LogP contribution is -2.25. The largest absolute Gasteiger partial charge is 0.463 e. The second-order valence-corrected chi connectivity index (χ2v) is 7.49. The molecule has 0 bridgehead atoms. The van der Waals surface area contributed by atoms with Gasteiger partial charge >= 0.3 is 11.9 Å². The van der Waals surface area contributed by atoms with Gasteiger partial charge in [0.15, 0.2) is 0 Å². The molecule has 0 aromatic carbocycles. The number of carbonyl (C=O) groups excluding carboxylic acids is 2. The Kier molecular flexibility index (Phi) is 19.9. The number of rotatable bonds is 20. The van der Waals surface area contributed by atoms with Crippen molar-refractivity contribution in [2.24, 2.45) is 0 Å². The minimum atomic E-state index is -0.961. The molecular weight excluding hydrogens is 368 g/mol. The van der Waals surface area contributed by atoms with Crippen LogP contribution in [-0.4, -0.2) is 36.4 Å². The van der Waals surface area contributed by atoms with E-state index in [1.54, 1.807) is 0 Å². The van der Waals surface area contributed by atoms with Crippen LogP contribution >= 0.6 is 0 Å². The summed E-state index contributed by atoms with van der Waals surface area (Å²) < 4.78 is 10.1. The van der Waals surface area contributed by atoms with Crippen LogP contribution in [0.25, 0.3) is 0 Å². The lowest BCUT2D eigenvalue weighted by Gasteiger charge is -2.12. The van der Waals surface area contributed by atoms with Crippen LogP contribution in [-0.2, 0) is 19.1 Å². The topological polar surface area (TPSA) is 72.8 Å². The highest BCUT2D eigenvalue weighted by Crippen LogP contribution is 2.09. The van der Waals surface area contributed by atoms with Crippen molar-refractivity contribution in [2.75, 3.05) is 13.2 Å². The zero-order valence-electron chi connectivity index (χ0n) is 18.4. The van der Waals surface area contributed by atoms with Crippen LogP contribution in [0.3, 0.4) is 0 Å². The van der Waals surface area contributed by atoms with Gasteiger partial charge in [0.05, 0.1) is 0 Å². The van der Waals surface area contributed by atoms with E-state index in [9.17, 15) is 14.7 Å². The van der Waals surface area contributed by atoms with Gasteiger partial charge in [-0.05, 0) is 32.1 Å². The molecule has 1 N–H and O–H groups in total. The Hall–Kier alpha value is -1.62. The summed E-state index contributed by atoms with van der Waals surface area (Å²) in [5.74, 6) is -0.610. The van der Waals surface area contributed by atoms with E-state index in [-0.39, 0.29) is 25.2 Å². The summed E-state index contributed by atoms with van der Waals surface area (Å²) in [4.78, 5) is 23.3. The first-order valence-electron chi connectivity index (χ1n) is 11.3. The molecule has 0 aromatic heterocycles. The number of ether oxygens (including phenoxy) is 2. The second kappa shape index (κ2) is 21.1. The van der Waals surface area contributed by atoms with Gasteiger partial charge in [-0.2, -0.15) is 0 Å². The molecule has 0 aliphatic carbocycles. The highest BCUT2D eigenvalue weighted by atomic mass is 16.6. The molecule has 1 unspecified atom stereocenters. The normalized spacial score (nSPS) is 12.1. The molecule has 0 fully saturated rings. The fourth-order valence-electron chi connectivity index (χ4n) is 2.82. The van der Waals surface area contributed by atoms with E-state index < -0.39 is 6.10 Å². The Morgan fingerprint density at radius 2 is 1.34 bits per heavy atom. The van der Waals surface area contributed by atoms with Crippen molar-refractivity contribution in [3.05, 3.63) is 24.8 Å². The van der Waals surface area contributed by atoms with E-state index in [1.807, 2.05) is 6.08 Å². The molecule has 5 nitrogen and oxygen atoms in total. The molecule has 0 aromatic rings. The molecule has 29 heavy (non-hydrogen) atoms. The Labute approximate surface area is 177 Å². The standard InChI is InChI=1S/C24H42O5/c1-3-5-7-9-10-11-12-13-15-17-19-24(27)29-21-22(25)20-28-23(26)18-16-14-8-6-4-2/h3,7,9,22,25H,1,4-6,8,10-21H2,2H3/b9-7+. The summed E-state index contributed by atoms with van der Waals surface area (Å²) in [6.45, 7) is 5.58. The summed E-state index contributed by atoms with van der Waals surface area (Å²) >= 11 is 0. The number of hydrogen-bond acceptors (Lipinski definition) is 5. The maximum Gasteiger partial charge on any atom is 0.305 e. The van der Waals surface area contributed by atoms with Gasteiger partial charge < -0.3 is 14.6 Å². The third kappa shape index (κ3) is 20.9. The molecule has 0 amide bonds. The molecule has 0 rings (SSSR count). The molecule has 5 heteroatoms. The zero-order valence-corrected chi connectivity index (χ0v) is 18.4. The zero-order chi connectivity index (χ0) is 21.6. The maximum atomic E-state index is 11.7. The van der Waals surface area contributed by atoms with Crippen LogP contribution in [0.5, 0.6) is 0 Å². The Morgan fingerprint density at radius 1 is 0.828 bits per heavy atom. The van der Waals surface area contributed by atoms with Crippen molar-refractivity contribution in [2.45, 2.75) is 103 Å². The van der Waals surface area contributed by atoms with Crippen molar-refractivity contribution < 1.29 is 24.2 Å². The molecule has 0 spiro atoms. The SMILES string of the molecule is C=CC/C=C/CCCCCCCC(=O)OCC(O)COC(=O)CCCCCCC. The van der Waals surface area contributed by atoms with Crippen molar-refractivity contribution in [1.82, 2.24) is 0 Å². The molecule has 0 aliphatic rings. The predicted molar refractivity (Wildman–Crippen MR) is 118 cm³/mol. The van der Waals surface area contributed by atoms with E-state index >= 15 is 0 Å². The average Bonchev–Trinajstić information content (AvgIpc) is 2.72. The fraction of sp³-hybridized carbons (Fsp3) is 0.750. The van der Waals surface area contributed by atoms with Crippen molar-refractivity contribution >= 4 is 11.9 Å². The molecule has 0 heterocycles. The Bertz CT molecular complexity index is 445. The first-order chi connectivity index (χ1) is 14.1. The predicted octanol–water partition coefficient (Wildman–Crippen LogP) is 5.66. The van der Waals surface area contributed by atoms with Crippen LogP contribution in [0.15, 0.2) is 24.8 Å². The number of aliphatic hydroxyl groups is 1. The van der Waals surface area contributed by atoms with E-state index in [0.717, 1.165) is 57.8 Å². The van der Waals surface area contributed by atoms with Crippen LogP contribution in [0, 0.1) is 0 Å². The van der Waals surface area contributed by atoms with Crippen molar-refractivity contribution in [3.63, 3.8) is 0 Å². The van der Waals surface area contributed by atoms with E-state index in [0.29, 0.717) is 12.8 Å². The van der Waals surface area contributed by atoms with Gasteiger partial charge in [-0.25, -0.2) is 0 Å². The highest BCUT2D eigenvalue weighted by Gasteiger charge is 2.11. The number of aliphatic hydroxyl groups excluding tert-OH is 1. The highest BCUT2D eigenvalue weighted by molar-refractivity contribution is 5.69. The molecule has 0 radical (unpaired) electrons. The van der Waals surface area contributed by atoms with Gasteiger partial charge in [-0.15, -0.1) is 6.58 Å². The molecule has 0 saturated carbocycles. The van der Waals surface area contributed by atoms with Crippen molar-refractivity contribution in [1.29, 1.82) is 0 Å². The Balaban J connectivity index is 3.50. The first-order valence-corrected chi connectivity index (χ1v) is 11.3. The number of allylic oxidation sites excluding steroid dienone is 3. The van der Waals surface area contributed by atoms with Crippen LogP contribution in [0.1, 0.15) is 96.8 Å². The van der Waals surface area contributed by atoms with Crippen LogP contribution in [0.2, 0.25) is 0 Å². The number of hydrogen-bond donors (Lipinski definition) is 1. The van der Waals surface area contributed by atoms with Crippen molar-refractivity contribution in [3.8, 4) is 0 Å². The number of esters is 2. The number of carbonyl (C=O) groups is 2. The summed E-state index contributed by atoms with van der Waals surface area (Å²) in [5.41, 5.74) is 0. The van der Waals surface area contributed by atoms with Crippen LogP contribution in [0.4, 0.5) is 0 Å². The quantitative estimate of drug-likeness (QED) is 0.159. The minimum Gasteiger partial charge on any atom is -0.463 e. The van der Waals surface area contributed by atoms with E-state index in [2.05, 4.69) is 25.7 Å². The molecular formula is C24H42O5. The Morgan fingerprint density at radius 3 is 1.90 bits per heavy atom. The van der Waals surface area contributed by atoms with E-state index in [4.69, 9.17) is 9.47 Å². The van der Waals surface area contributed by atoms with E-state index in [1.165, 1.54) is 19.3 Å². The monoisotopic (exact) mass is 410 g/mol. The molecule has 0 aliphatic heterocycles. The molecule has 168 valence electrons. The van der Waals surface area contributed by atoms with Gasteiger partial charge in [0.2, 0.25) is 0 Å². The third-order valence-corrected chi connectivity index (χ3v) is 4.58. The third-order valence-electron chi connectivity index (χ3n) is 4.58. The smallest absolute Gasteiger partial charge is 0.305 e. The fourth-order valence-corrected chi connectivity index (χ4v) is 2.82. The first kappa shape index (κ1) is 27.4. The van der Waals surface area contributed by atoms with Gasteiger partial charge in [-0.3, -0.25) is 9.59 Å². The minimum absolute atomic E-state index is 0.123. The van der Waals surface area contributed by atoms with Crippen LogP contribution < -0.4 is 0 Å². The van der Waals surface area contributed by atoms with Gasteiger partial charge in [-0.1, -0.05) is 70.1 Å². The second-order valence-electron chi connectivity index (χ2n) is 7.49. The summed E-state index contributed by atoms with van der Waals surface area (Å²) in [6, 6.07) is 0. The average molecular weight is 411 g/mol. The summed E-state index contributed by atoms with van der Waals surface area (Å²) in [5, 5.41) is 9.77. The van der Waals surface area contributed by atoms with Gasteiger partial charge in [0, 0.05) is 12.8 Å². The lowest BCUT2D eigenvalue weighted by molar-refractivity contribution is -0.152. The van der Waals surface area contributed by atoms with Gasteiger partial charge in [0.1, 0.15) is 19.3 Å². The maximum absolute atomic E-state index is 11.7.